The Bertz CT molecular complexity index is 642. The Balaban J connectivity index is 2.45. The smallest absolute Gasteiger partial charge is 0.161 e. The van der Waals surface area contributed by atoms with E-state index in [0.29, 0.717) is 14.3 Å². The van der Waals surface area contributed by atoms with Crippen LogP contribution < -0.4 is 10.0 Å². The van der Waals surface area contributed by atoms with Crippen LogP contribution in [-0.2, 0) is 11.8 Å². The topological polar surface area (TPSA) is 49.7 Å². The highest BCUT2D eigenvalue weighted by Crippen LogP contribution is 2.49. The van der Waals surface area contributed by atoms with Crippen molar-refractivity contribution in [3.8, 4) is 11.5 Å². The fourth-order valence-corrected chi connectivity index (χ4v) is 4.17. The van der Waals surface area contributed by atoms with Gasteiger partial charge in [0, 0.05) is 10.7 Å². The zero-order valence-corrected chi connectivity index (χ0v) is 14.3. The maximum Gasteiger partial charge on any atom is 0.161 e. The van der Waals surface area contributed by atoms with Gasteiger partial charge in [-0.3, -0.25) is 0 Å². The van der Waals surface area contributed by atoms with Crippen LogP contribution in [0.5, 0.6) is 11.5 Å². The van der Waals surface area contributed by atoms with Gasteiger partial charge in [-0.1, -0.05) is 58.8 Å². The van der Waals surface area contributed by atoms with Gasteiger partial charge in [0.2, 0.25) is 0 Å². The number of hydrogen-bond acceptors (Lipinski definition) is 3. The molecule has 2 unspecified atom stereocenters. The van der Waals surface area contributed by atoms with Crippen molar-refractivity contribution in [2.24, 2.45) is 0 Å². The van der Waals surface area contributed by atoms with Crippen LogP contribution in [0.1, 0.15) is 31.4 Å². The lowest BCUT2D eigenvalue weighted by atomic mass is 9.96. The lowest BCUT2D eigenvalue weighted by Crippen LogP contribution is -2.20. The van der Waals surface area contributed by atoms with Crippen LogP contribution in [0.3, 0.4) is 0 Å². The minimum atomic E-state index is -0.204. The predicted octanol–water partition coefficient (Wildman–Crippen LogP) is 3.52. The Morgan fingerprint density at radius 2 is 1.86 bits per heavy atom. The molecule has 118 valence electrons. The summed E-state index contributed by atoms with van der Waals surface area (Å²) in [4.78, 5) is 0. The second kappa shape index (κ2) is 7.13. The molecule has 0 aromatic heterocycles. The average molecular weight is 318 g/mol. The van der Waals surface area contributed by atoms with Crippen molar-refractivity contribution >= 4 is 13.9 Å². The summed E-state index contributed by atoms with van der Waals surface area (Å²) in [6.45, 7) is 4.30. The summed E-state index contributed by atoms with van der Waals surface area (Å²) < 4.78 is 5.23. The summed E-state index contributed by atoms with van der Waals surface area (Å²) in [7, 11) is 2.01. The Kier molecular flexibility index (Phi) is 5.44. The summed E-state index contributed by atoms with van der Waals surface area (Å²) in [5, 5.41) is 21.0. The summed E-state index contributed by atoms with van der Waals surface area (Å²) in [5.74, 6) is 0.709. The molecular weight excluding hydrogens is 295 g/mol. The molecule has 22 heavy (non-hydrogen) atoms. The van der Waals surface area contributed by atoms with Gasteiger partial charge >= 0.3 is 0 Å². The third kappa shape index (κ3) is 3.26. The average Bonchev–Trinajstić information content (AvgIpc) is 2.55. The van der Waals surface area contributed by atoms with Crippen molar-refractivity contribution < 1.29 is 14.9 Å². The van der Waals surface area contributed by atoms with Gasteiger partial charge in [-0.25, -0.2) is 0 Å². The minimum Gasteiger partial charge on any atom is -0.504 e. The van der Waals surface area contributed by atoms with E-state index in [1.165, 1.54) is 0 Å². The molecule has 0 saturated heterocycles. The molecular formula is C18H23O3P. The van der Waals surface area contributed by atoms with E-state index in [9.17, 15) is 10.2 Å². The molecule has 0 aliphatic carbocycles. The SMILES string of the molecule is CCC(C)(Pc1ccccc1CO)c1cccc(OC)c1O. The summed E-state index contributed by atoms with van der Waals surface area (Å²) >= 11 is 0. The Hall–Kier alpha value is -1.57. The predicted molar refractivity (Wildman–Crippen MR) is 92.6 cm³/mol. The number of phenols is 1. The monoisotopic (exact) mass is 318 g/mol. The van der Waals surface area contributed by atoms with Crippen LogP contribution >= 0.6 is 8.58 Å². The number of para-hydroxylation sites is 1. The molecule has 2 aromatic carbocycles. The van der Waals surface area contributed by atoms with E-state index < -0.39 is 0 Å². The molecule has 2 rings (SSSR count). The molecule has 0 saturated carbocycles. The number of aliphatic hydroxyl groups excluding tert-OH is 1. The molecule has 0 aliphatic rings. The highest BCUT2D eigenvalue weighted by Gasteiger charge is 2.30. The Morgan fingerprint density at radius 3 is 2.50 bits per heavy atom. The number of ether oxygens (including phenoxy) is 1. The zero-order chi connectivity index (χ0) is 16.2. The highest BCUT2D eigenvalue weighted by atomic mass is 31.1. The Morgan fingerprint density at radius 1 is 1.14 bits per heavy atom. The molecule has 0 amide bonds. The van der Waals surface area contributed by atoms with Crippen LogP contribution in [-0.4, -0.2) is 17.3 Å². The first kappa shape index (κ1) is 16.8. The van der Waals surface area contributed by atoms with Crippen LogP contribution in [0.15, 0.2) is 42.5 Å². The lowest BCUT2D eigenvalue weighted by Gasteiger charge is -2.31. The molecule has 2 aromatic rings. The molecule has 0 aliphatic heterocycles. The van der Waals surface area contributed by atoms with E-state index in [2.05, 4.69) is 19.9 Å². The maximum absolute atomic E-state index is 10.5. The molecule has 0 bridgehead atoms. The first-order valence-corrected chi connectivity index (χ1v) is 8.39. The van der Waals surface area contributed by atoms with Crippen molar-refractivity contribution in [1.29, 1.82) is 0 Å². The van der Waals surface area contributed by atoms with E-state index >= 15 is 0 Å². The second-order valence-corrected chi connectivity index (χ2v) is 7.37. The number of benzene rings is 2. The normalized spacial score (nSPS) is 14.2. The maximum atomic E-state index is 10.5. The van der Waals surface area contributed by atoms with Crippen molar-refractivity contribution in [1.82, 2.24) is 0 Å². The number of aromatic hydroxyl groups is 1. The summed E-state index contributed by atoms with van der Waals surface area (Å²) in [6.07, 6.45) is 0.881. The van der Waals surface area contributed by atoms with Crippen LogP contribution in [0.2, 0.25) is 0 Å². The van der Waals surface area contributed by atoms with Gasteiger partial charge in [0.05, 0.1) is 13.7 Å². The fraction of sp³-hybridized carbons (Fsp3) is 0.333. The van der Waals surface area contributed by atoms with Gasteiger partial charge in [0.1, 0.15) is 0 Å². The summed E-state index contributed by atoms with van der Waals surface area (Å²) in [5.41, 5.74) is 1.84. The number of methoxy groups -OCH3 is 1. The molecule has 2 N–H and O–H groups in total. The first-order valence-electron chi connectivity index (χ1n) is 7.39. The zero-order valence-electron chi connectivity index (χ0n) is 13.3. The van der Waals surface area contributed by atoms with Crippen LogP contribution in [0.4, 0.5) is 0 Å². The third-order valence-electron chi connectivity index (χ3n) is 4.12. The second-order valence-electron chi connectivity index (χ2n) is 5.48. The van der Waals surface area contributed by atoms with Crippen LogP contribution in [0, 0.1) is 0 Å². The van der Waals surface area contributed by atoms with Crippen molar-refractivity contribution in [2.45, 2.75) is 32.0 Å². The quantitative estimate of drug-likeness (QED) is 0.801. The minimum absolute atomic E-state index is 0.0348. The van der Waals surface area contributed by atoms with E-state index in [1.54, 1.807) is 13.2 Å². The van der Waals surface area contributed by atoms with Gasteiger partial charge in [-0.05, 0) is 23.4 Å². The molecule has 0 radical (unpaired) electrons. The lowest BCUT2D eigenvalue weighted by molar-refractivity contribution is 0.283. The molecule has 0 heterocycles. The van der Waals surface area contributed by atoms with Gasteiger partial charge in [0.15, 0.2) is 11.5 Å². The number of aliphatic hydroxyl groups is 1. The van der Waals surface area contributed by atoms with Crippen molar-refractivity contribution in [3.05, 3.63) is 53.6 Å². The Labute approximate surface area is 133 Å². The van der Waals surface area contributed by atoms with E-state index in [-0.39, 0.29) is 17.5 Å². The molecule has 2 atom stereocenters. The summed E-state index contributed by atoms with van der Waals surface area (Å²) in [6, 6.07) is 13.5. The molecule has 0 fully saturated rings. The number of phenolic OH excluding ortho intramolecular Hbond substituents is 1. The molecule has 3 nitrogen and oxygen atoms in total. The van der Waals surface area contributed by atoms with Crippen molar-refractivity contribution in [3.63, 3.8) is 0 Å². The number of rotatable bonds is 6. The van der Waals surface area contributed by atoms with E-state index in [4.69, 9.17) is 4.74 Å². The third-order valence-corrected chi connectivity index (χ3v) is 6.05. The number of hydrogen-bond donors (Lipinski definition) is 2. The fourth-order valence-electron chi connectivity index (χ4n) is 2.56. The van der Waals surface area contributed by atoms with E-state index in [0.717, 1.165) is 22.9 Å². The van der Waals surface area contributed by atoms with Gasteiger partial charge < -0.3 is 14.9 Å². The first-order chi connectivity index (χ1) is 10.6. The van der Waals surface area contributed by atoms with Gasteiger partial charge in [-0.15, -0.1) is 0 Å². The van der Waals surface area contributed by atoms with Crippen molar-refractivity contribution in [2.75, 3.05) is 7.11 Å². The van der Waals surface area contributed by atoms with Gasteiger partial charge in [0.25, 0.3) is 0 Å². The highest BCUT2D eigenvalue weighted by molar-refractivity contribution is 7.48. The van der Waals surface area contributed by atoms with Gasteiger partial charge in [-0.2, -0.15) is 0 Å². The van der Waals surface area contributed by atoms with Crippen LogP contribution in [0.25, 0.3) is 0 Å². The largest absolute Gasteiger partial charge is 0.504 e. The molecule has 4 heteroatoms. The standard InChI is InChI=1S/C18H23O3P/c1-4-18(2,14-9-7-10-15(21-3)17(14)20)22-16-11-6-5-8-13(16)12-19/h5-11,19-20,22H,4,12H2,1-3H3. The van der Waals surface area contributed by atoms with E-state index in [1.807, 2.05) is 30.3 Å². The molecule has 0 spiro atoms.